The van der Waals surface area contributed by atoms with Crippen LogP contribution in [0.4, 0.5) is 0 Å². The minimum atomic E-state index is -3.35. The van der Waals surface area contributed by atoms with E-state index >= 15 is 0 Å². The van der Waals surface area contributed by atoms with E-state index in [-0.39, 0.29) is 6.04 Å². The highest BCUT2D eigenvalue weighted by Crippen LogP contribution is 2.37. The summed E-state index contributed by atoms with van der Waals surface area (Å²) >= 11 is 0. The van der Waals surface area contributed by atoms with Crippen molar-refractivity contribution in [3.05, 3.63) is 42.6 Å². The normalized spacial score (nSPS) is 27.4. The molecule has 1 aromatic rings. The van der Waals surface area contributed by atoms with Crippen LogP contribution >= 0.6 is 0 Å². The molecule has 17 heavy (non-hydrogen) atoms. The highest BCUT2D eigenvalue weighted by molar-refractivity contribution is 7.89. The van der Waals surface area contributed by atoms with Gasteiger partial charge in [-0.1, -0.05) is 24.3 Å². The number of fused-ring (bicyclic) bond motifs is 2. The molecule has 0 radical (unpaired) electrons. The summed E-state index contributed by atoms with van der Waals surface area (Å²) in [4.78, 5) is 0.384. The van der Waals surface area contributed by atoms with E-state index in [9.17, 15) is 8.42 Å². The summed E-state index contributed by atoms with van der Waals surface area (Å²) in [6.45, 7) is 0. The summed E-state index contributed by atoms with van der Waals surface area (Å²) in [6, 6.07) is 8.83. The zero-order chi connectivity index (χ0) is 11.9. The Bertz CT molecular complexity index is 536. The van der Waals surface area contributed by atoms with Crippen LogP contribution in [0.5, 0.6) is 0 Å². The van der Waals surface area contributed by atoms with Gasteiger partial charge in [0.05, 0.1) is 4.90 Å². The molecule has 2 bridgehead atoms. The highest BCUT2D eigenvalue weighted by atomic mass is 32.2. The van der Waals surface area contributed by atoms with Gasteiger partial charge in [-0.25, -0.2) is 8.42 Å². The molecule has 1 aliphatic carbocycles. The molecule has 0 amide bonds. The fraction of sp³-hybridized carbons (Fsp3) is 0.385. The van der Waals surface area contributed by atoms with Crippen molar-refractivity contribution in [3.63, 3.8) is 0 Å². The van der Waals surface area contributed by atoms with Crippen LogP contribution in [0.1, 0.15) is 19.3 Å². The molecule has 2 unspecified atom stereocenters. The molecule has 0 aromatic heterocycles. The van der Waals surface area contributed by atoms with Gasteiger partial charge in [0, 0.05) is 12.2 Å². The smallest absolute Gasteiger partial charge is 0.264 e. The van der Waals surface area contributed by atoms with Crippen molar-refractivity contribution >= 4 is 10.0 Å². The van der Waals surface area contributed by atoms with Crippen molar-refractivity contribution in [1.29, 1.82) is 0 Å². The van der Waals surface area contributed by atoms with Crippen LogP contribution in [0.15, 0.2) is 47.5 Å². The van der Waals surface area contributed by atoms with E-state index in [2.05, 4.69) is 0 Å². The van der Waals surface area contributed by atoms with Gasteiger partial charge in [-0.05, 0) is 37.3 Å². The summed E-state index contributed by atoms with van der Waals surface area (Å²) in [5.74, 6) is 0.585. The van der Waals surface area contributed by atoms with E-state index in [1.165, 1.54) is 0 Å². The third-order valence-electron chi connectivity index (χ3n) is 3.63. The molecular weight excluding hydrogens is 234 g/mol. The van der Waals surface area contributed by atoms with Gasteiger partial charge in [-0.3, -0.25) is 4.31 Å². The zero-order valence-corrected chi connectivity index (χ0v) is 10.3. The Hall–Kier alpha value is -1.29. The Balaban J connectivity index is 1.99. The van der Waals surface area contributed by atoms with Crippen LogP contribution < -0.4 is 0 Å². The van der Waals surface area contributed by atoms with E-state index in [1.54, 1.807) is 34.8 Å². The second-order valence-electron chi connectivity index (χ2n) is 4.72. The molecule has 1 aliphatic heterocycles. The molecule has 1 aromatic carbocycles. The van der Waals surface area contributed by atoms with Gasteiger partial charge in [0.25, 0.3) is 10.0 Å². The van der Waals surface area contributed by atoms with Crippen molar-refractivity contribution in [2.24, 2.45) is 5.92 Å². The number of rotatable bonds is 2. The van der Waals surface area contributed by atoms with E-state index < -0.39 is 10.0 Å². The lowest BCUT2D eigenvalue weighted by atomic mass is 10.1. The fourth-order valence-electron chi connectivity index (χ4n) is 2.72. The maximum absolute atomic E-state index is 12.4. The number of allylic oxidation sites excluding steroid dienone is 1. The summed E-state index contributed by atoms with van der Waals surface area (Å²) in [5.41, 5.74) is 0. The Kier molecular flexibility index (Phi) is 2.47. The Labute approximate surface area is 102 Å². The molecule has 1 fully saturated rings. The maximum atomic E-state index is 12.4. The highest BCUT2D eigenvalue weighted by Gasteiger charge is 2.36. The van der Waals surface area contributed by atoms with Gasteiger partial charge >= 0.3 is 0 Å². The van der Waals surface area contributed by atoms with Gasteiger partial charge in [-0.2, -0.15) is 0 Å². The molecule has 0 N–H and O–H groups in total. The molecule has 2 atom stereocenters. The van der Waals surface area contributed by atoms with E-state index in [4.69, 9.17) is 0 Å². The first kappa shape index (κ1) is 10.8. The van der Waals surface area contributed by atoms with E-state index in [1.807, 2.05) is 12.1 Å². The Morgan fingerprint density at radius 1 is 1.12 bits per heavy atom. The molecule has 3 nitrogen and oxygen atoms in total. The van der Waals surface area contributed by atoms with Gasteiger partial charge in [-0.15, -0.1) is 0 Å². The van der Waals surface area contributed by atoms with Crippen molar-refractivity contribution in [3.8, 4) is 0 Å². The number of sulfonamides is 1. The predicted octanol–water partition coefficient (Wildman–Crippen LogP) is 2.37. The minimum absolute atomic E-state index is 0.162. The summed E-state index contributed by atoms with van der Waals surface area (Å²) < 4.78 is 26.4. The Morgan fingerprint density at radius 3 is 2.65 bits per heavy atom. The third-order valence-corrected chi connectivity index (χ3v) is 5.47. The first-order chi connectivity index (χ1) is 8.18. The number of hydrogen-bond acceptors (Lipinski definition) is 2. The first-order valence-corrected chi connectivity index (χ1v) is 7.39. The standard InChI is InChI=1S/C13H15NO2S/c15-17(16,13-4-2-1-3-5-13)14-9-8-11-6-7-12(14)10-11/h1-5,8-9,11-12H,6-7,10H2. The summed E-state index contributed by atoms with van der Waals surface area (Å²) in [7, 11) is -3.35. The zero-order valence-electron chi connectivity index (χ0n) is 9.49. The minimum Gasteiger partial charge on any atom is -0.271 e. The molecule has 1 saturated carbocycles. The van der Waals surface area contributed by atoms with Gasteiger partial charge in [0.1, 0.15) is 0 Å². The topological polar surface area (TPSA) is 37.4 Å². The lowest BCUT2D eigenvalue weighted by Gasteiger charge is -2.29. The van der Waals surface area contributed by atoms with Gasteiger partial charge in [0.2, 0.25) is 0 Å². The fourth-order valence-corrected chi connectivity index (χ4v) is 4.28. The molecule has 0 spiro atoms. The summed E-state index contributed by atoms with van der Waals surface area (Å²) in [5, 5.41) is 0. The second kappa shape index (κ2) is 3.88. The average molecular weight is 249 g/mol. The quantitative estimate of drug-likeness (QED) is 0.807. The van der Waals surface area contributed by atoms with Crippen molar-refractivity contribution in [2.45, 2.75) is 30.2 Å². The SMILES string of the molecule is O=S(=O)(c1ccccc1)N1C=CC2CCC1C2. The molecule has 0 saturated heterocycles. The molecular formula is C13H15NO2S. The van der Waals surface area contributed by atoms with Crippen LogP contribution in [0, 0.1) is 5.92 Å². The van der Waals surface area contributed by atoms with Crippen LogP contribution in [0.25, 0.3) is 0 Å². The number of nitrogens with zero attached hydrogens (tertiary/aromatic N) is 1. The maximum Gasteiger partial charge on any atom is 0.264 e. The lowest BCUT2D eigenvalue weighted by molar-refractivity contribution is 0.382. The van der Waals surface area contributed by atoms with Gasteiger partial charge in [0.15, 0.2) is 0 Å². The molecule has 3 rings (SSSR count). The Morgan fingerprint density at radius 2 is 1.88 bits per heavy atom. The predicted molar refractivity (Wildman–Crippen MR) is 65.7 cm³/mol. The molecule has 1 heterocycles. The number of benzene rings is 1. The van der Waals surface area contributed by atoms with Crippen molar-refractivity contribution in [1.82, 2.24) is 4.31 Å². The molecule has 4 heteroatoms. The van der Waals surface area contributed by atoms with Crippen LogP contribution in [-0.2, 0) is 10.0 Å². The van der Waals surface area contributed by atoms with E-state index in [0.29, 0.717) is 10.8 Å². The monoisotopic (exact) mass is 249 g/mol. The van der Waals surface area contributed by atoms with Crippen molar-refractivity contribution in [2.75, 3.05) is 0 Å². The second-order valence-corrected chi connectivity index (χ2v) is 6.56. The van der Waals surface area contributed by atoms with Crippen LogP contribution in [-0.4, -0.2) is 18.8 Å². The number of hydrogen-bond donors (Lipinski definition) is 0. The van der Waals surface area contributed by atoms with E-state index in [0.717, 1.165) is 19.3 Å². The van der Waals surface area contributed by atoms with Crippen molar-refractivity contribution < 1.29 is 8.42 Å². The summed E-state index contributed by atoms with van der Waals surface area (Å²) in [6.07, 6.45) is 6.85. The first-order valence-electron chi connectivity index (χ1n) is 5.95. The lowest BCUT2D eigenvalue weighted by Crippen LogP contribution is -2.36. The third kappa shape index (κ3) is 1.76. The van der Waals surface area contributed by atoms with Gasteiger partial charge < -0.3 is 0 Å². The average Bonchev–Trinajstić information content (AvgIpc) is 2.71. The van der Waals surface area contributed by atoms with Crippen LogP contribution in [0.2, 0.25) is 0 Å². The molecule has 2 aliphatic rings. The van der Waals surface area contributed by atoms with Crippen LogP contribution in [0.3, 0.4) is 0 Å². The largest absolute Gasteiger partial charge is 0.271 e. The molecule has 90 valence electrons.